The van der Waals surface area contributed by atoms with E-state index in [1.807, 2.05) is 0 Å². The summed E-state index contributed by atoms with van der Waals surface area (Å²) in [5.41, 5.74) is 4.73. The molecule has 4 rings (SSSR count). The van der Waals surface area contributed by atoms with E-state index >= 15 is 0 Å². The van der Waals surface area contributed by atoms with Gasteiger partial charge in [-0.2, -0.15) is 0 Å². The molecule has 156 valence electrons. The Labute approximate surface area is 178 Å². The average molecular weight is 406 g/mol. The smallest absolute Gasteiger partial charge is 0.310 e. The van der Waals surface area contributed by atoms with Crippen LogP contribution in [0.3, 0.4) is 0 Å². The molecule has 1 aliphatic heterocycles. The highest BCUT2D eigenvalue weighted by Crippen LogP contribution is 2.37. The summed E-state index contributed by atoms with van der Waals surface area (Å²) in [4.78, 5) is 14.2. The topological polar surface area (TPSA) is 29.5 Å². The second-order valence-corrected chi connectivity index (χ2v) is 8.22. The first kappa shape index (κ1) is 20.6. The van der Waals surface area contributed by atoms with Crippen LogP contribution < -0.4 is 0 Å². The van der Waals surface area contributed by atoms with Crippen molar-refractivity contribution in [1.82, 2.24) is 4.90 Å². The number of benzene rings is 2. The molecular formula is C26H28FNO2. The fourth-order valence-corrected chi connectivity index (χ4v) is 4.21. The highest BCUT2D eigenvalue weighted by atomic mass is 19.1. The summed E-state index contributed by atoms with van der Waals surface area (Å²) >= 11 is 0. The zero-order valence-electron chi connectivity index (χ0n) is 17.7. The summed E-state index contributed by atoms with van der Waals surface area (Å²) < 4.78 is 19.2. The van der Waals surface area contributed by atoms with E-state index < -0.39 is 11.8 Å². The molecule has 0 N–H and O–H groups in total. The molecule has 2 aromatic rings. The molecule has 1 fully saturated rings. The number of fused-ring (bicyclic) bond motifs is 1. The van der Waals surface area contributed by atoms with E-state index in [1.54, 1.807) is 19.1 Å². The highest BCUT2D eigenvalue weighted by Gasteiger charge is 2.34. The van der Waals surface area contributed by atoms with Gasteiger partial charge in [-0.1, -0.05) is 30.9 Å². The Morgan fingerprint density at radius 1 is 1.13 bits per heavy atom. The van der Waals surface area contributed by atoms with Crippen LogP contribution in [-0.4, -0.2) is 30.1 Å². The fourth-order valence-electron chi connectivity index (χ4n) is 4.21. The van der Waals surface area contributed by atoms with Crippen molar-refractivity contribution in [3.8, 4) is 11.8 Å². The van der Waals surface area contributed by atoms with Gasteiger partial charge < -0.3 is 4.74 Å². The van der Waals surface area contributed by atoms with E-state index in [0.29, 0.717) is 23.7 Å². The lowest BCUT2D eigenvalue weighted by Crippen LogP contribution is -2.35. The van der Waals surface area contributed by atoms with Gasteiger partial charge in [-0.05, 0) is 73.1 Å². The first-order valence-corrected chi connectivity index (χ1v) is 10.9. The van der Waals surface area contributed by atoms with Crippen molar-refractivity contribution >= 4 is 5.97 Å². The lowest BCUT2D eigenvalue weighted by atomic mass is 9.86. The molecule has 0 radical (unpaired) electrons. The third-order valence-electron chi connectivity index (χ3n) is 6.01. The van der Waals surface area contributed by atoms with Crippen LogP contribution in [0.2, 0.25) is 0 Å². The number of hydrogen-bond donors (Lipinski definition) is 0. The first-order chi connectivity index (χ1) is 14.6. The number of rotatable bonds is 5. The van der Waals surface area contributed by atoms with E-state index in [4.69, 9.17) is 4.74 Å². The van der Waals surface area contributed by atoms with Crippen LogP contribution in [0.15, 0.2) is 36.4 Å². The molecule has 2 aliphatic rings. The van der Waals surface area contributed by atoms with Crippen LogP contribution in [-0.2, 0) is 22.5 Å². The molecule has 1 heterocycles. The average Bonchev–Trinajstić information content (AvgIpc) is 3.59. The molecule has 3 nitrogen and oxygen atoms in total. The van der Waals surface area contributed by atoms with Gasteiger partial charge in [0.25, 0.3) is 0 Å². The van der Waals surface area contributed by atoms with E-state index in [-0.39, 0.29) is 6.42 Å². The SMILES string of the molecule is CCOC(=O)Cc1ccc(C#Cc2ccc3c(c2)C(CC)CN(C2CC2)C3)cc1F. The molecule has 0 amide bonds. The van der Waals surface area contributed by atoms with Crippen molar-refractivity contribution in [2.24, 2.45) is 0 Å². The predicted molar refractivity (Wildman–Crippen MR) is 116 cm³/mol. The largest absolute Gasteiger partial charge is 0.466 e. The molecule has 1 unspecified atom stereocenters. The molecule has 1 saturated carbocycles. The van der Waals surface area contributed by atoms with E-state index in [2.05, 4.69) is 41.9 Å². The monoisotopic (exact) mass is 405 g/mol. The van der Waals surface area contributed by atoms with Gasteiger partial charge in [-0.3, -0.25) is 9.69 Å². The quantitative estimate of drug-likeness (QED) is 0.529. The van der Waals surface area contributed by atoms with Gasteiger partial charge in [0.05, 0.1) is 13.0 Å². The molecule has 0 bridgehead atoms. The minimum atomic E-state index is -0.425. The molecule has 30 heavy (non-hydrogen) atoms. The summed E-state index contributed by atoms with van der Waals surface area (Å²) in [5, 5.41) is 0. The predicted octanol–water partition coefficient (Wildman–Crippen LogP) is 4.80. The van der Waals surface area contributed by atoms with Crippen LogP contribution in [0.25, 0.3) is 0 Å². The number of carbonyl (C=O) groups is 1. The fraction of sp³-hybridized carbons (Fsp3) is 0.423. The van der Waals surface area contributed by atoms with Crippen LogP contribution >= 0.6 is 0 Å². The molecule has 2 aromatic carbocycles. The standard InChI is InChI=1S/C26H28FNO2/c1-3-20-16-28(23-11-12-23)17-22-10-8-18(13-24(20)22)5-6-19-7-9-21(25(27)14-19)15-26(29)30-4-2/h7-10,13-14,20,23H,3-4,11-12,15-17H2,1-2H3. The Kier molecular flexibility index (Phi) is 6.20. The number of hydrogen-bond acceptors (Lipinski definition) is 3. The molecule has 0 saturated heterocycles. The molecule has 4 heteroatoms. The Bertz CT molecular complexity index is 1000. The zero-order valence-corrected chi connectivity index (χ0v) is 17.7. The number of carbonyl (C=O) groups excluding carboxylic acids is 1. The maximum absolute atomic E-state index is 14.3. The van der Waals surface area contributed by atoms with Gasteiger partial charge >= 0.3 is 5.97 Å². The van der Waals surface area contributed by atoms with E-state index in [0.717, 1.165) is 31.1 Å². The molecular weight excluding hydrogens is 377 g/mol. The van der Waals surface area contributed by atoms with Gasteiger partial charge in [0.15, 0.2) is 0 Å². The maximum atomic E-state index is 14.3. The van der Waals surface area contributed by atoms with Crippen molar-refractivity contribution < 1.29 is 13.9 Å². The van der Waals surface area contributed by atoms with Gasteiger partial charge in [-0.25, -0.2) is 4.39 Å². The second-order valence-electron chi connectivity index (χ2n) is 8.22. The number of nitrogens with zero attached hydrogens (tertiary/aromatic N) is 1. The van der Waals surface area contributed by atoms with Crippen molar-refractivity contribution in [3.05, 3.63) is 70.0 Å². The Hall–Kier alpha value is -2.64. The second kappa shape index (κ2) is 9.02. The summed E-state index contributed by atoms with van der Waals surface area (Å²) in [5.74, 6) is 5.96. The van der Waals surface area contributed by atoms with Crippen LogP contribution in [0.5, 0.6) is 0 Å². The third-order valence-corrected chi connectivity index (χ3v) is 6.01. The van der Waals surface area contributed by atoms with Crippen LogP contribution in [0.1, 0.15) is 66.8 Å². The van der Waals surface area contributed by atoms with E-state index in [9.17, 15) is 9.18 Å². The minimum absolute atomic E-state index is 0.0610. The molecule has 0 aromatic heterocycles. The van der Waals surface area contributed by atoms with E-state index in [1.165, 1.54) is 30.0 Å². The van der Waals surface area contributed by atoms with Crippen LogP contribution in [0.4, 0.5) is 4.39 Å². The van der Waals surface area contributed by atoms with Crippen molar-refractivity contribution in [3.63, 3.8) is 0 Å². The highest BCUT2D eigenvalue weighted by molar-refractivity contribution is 5.72. The Morgan fingerprint density at radius 2 is 1.87 bits per heavy atom. The number of esters is 1. The summed E-state index contributed by atoms with van der Waals surface area (Å²) in [6, 6.07) is 12.0. The van der Waals surface area contributed by atoms with Gasteiger partial charge in [-0.15, -0.1) is 0 Å². The molecule has 1 aliphatic carbocycles. The van der Waals surface area contributed by atoms with Gasteiger partial charge in [0.1, 0.15) is 5.82 Å². The zero-order chi connectivity index (χ0) is 21.1. The number of halogens is 1. The Balaban J connectivity index is 1.50. The first-order valence-electron chi connectivity index (χ1n) is 10.9. The molecule has 0 spiro atoms. The lowest BCUT2D eigenvalue weighted by Gasteiger charge is -2.34. The normalized spacial score (nSPS) is 18.3. The van der Waals surface area contributed by atoms with Crippen molar-refractivity contribution in [2.45, 2.75) is 58.0 Å². The maximum Gasteiger partial charge on any atom is 0.310 e. The summed E-state index contributed by atoms with van der Waals surface area (Å²) in [6.07, 6.45) is 3.74. The minimum Gasteiger partial charge on any atom is -0.466 e. The van der Waals surface area contributed by atoms with Crippen molar-refractivity contribution in [2.75, 3.05) is 13.2 Å². The molecule has 1 atom stereocenters. The van der Waals surface area contributed by atoms with Gasteiger partial charge in [0, 0.05) is 30.3 Å². The number of ether oxygens (including phenoxy) is 1. The Morgan fingerprint density at radius 3 is 2.53 bits per heavy atom. The lowest BCUT2D eigenvalue weighted by molar-refractivity contribution is -0.142. The third kappa shape index (κ3) is 4.74. The summed E-state index contributed by atoms with van der Waals surface area (Å²) in [6.45, 7) is 6.46. The summed E-state index contributed by atoms with van der Waals surface area (Å²) in [7, 11) is 0. The van der Waals surface area contributed by atoms with Crippen molar-refractivity contribution in [1.29, 1.82) is 0 Å². The van der Waals surface area contributed by atoms with Crippen LogP contribution in [0, 0.1) is 17.7 Å². The van der Waals surface area contributed by atoms with Gasteiger partial charge in [0.2, 0.25) is 0 Å².